The zero-order valence-corrected chi connectivity index (χ0v) is 23.9. The number of nitriles is 1. The van der Waals surface area contributed by atoms with E-state index in [4.69, 9.17) is 25.8 Å². The van der Waals surface area contributed by atoms with Gasteiger partial charge in [0.15, 0.2) is 17.2 Å². The van der Waals surface area contributed by atoms with Gasteiger partial charge in [0.1, 0.15) is 11.6 Å². The first kappa shape index (κ1) is 28.8. The summed E-state index contributed by atoms with van der Waals surface area (Å²) in [7, 11) is 2.73. The summed E-state index contributed by atoms with van der Waals surface area (Å²) in [5, 5.41) is 13.2. The van der Waals surface area contributed by atoms with Gasteiger partial charge in [-0.3, -0.25) is 4.79 Å². The third kappa shape index (κ3) is 5.02. The lowest BCUT2D eigenvalue weighted by atomic mass is 9.77. The van der Waals surface area contributed by atoms with Crippen LogP contribution in [0.4, 0.5) is 8.78 Å². The van der Waals surface area contributed by atoms with Crippen LogP contribution in [0, 0.1) is 28.9 Å². The summed E-state index contributed by atoms with van der Waals surface area (Å²) in [6.07, 6.45) is 3.02. The molecular weight excluding hydrogens is 550 g/mol. The summed E-state index contributed by atoms with van der Waals surface area (Å²) in [5.74, 6) is -2.14. The van der Waals surface area contributed by atoms with Gasteiger partial charge in [-0.25, -0.2) is 8.78 Å². The van der Waals surface area contributed by atoms with E-state index in [0.717, 1.165) is 31.2 Å². The second kappa shape index (κ2) is 11.7. The quantitative estimate of drug-likeness (QED) is 0.307. The number of halogens is 3. The van der Waals surface area contributed by atoms with Gasteiger partial charge in [-0.2, -0.15) is 5.26 Å². The van der Waals surface area contributed by atoms with Crippen LogP contribution in [0.1, 0.15) is 55.2 Å². The van der Waals surface area contributed by atoms with Crippen molar-refractivity contribution in [3.8, 4) is 28.7 Å². The molecule has 1 fully saturated rings. The molecule has 2 aliphatic rings. The van der Waals surface area contributed by atoms with Gasteiger partial charge in [-0.1, -0.05) is 48.9 Å². The fraction of sp³-hybridized carbons (Fsp3) is 0.375. The molecule has 0 saturated heterocycles. The number of nitrogens with one attached hydrogen (secondary N) is 1. The van der Waals surface area contributed by atoms with Crippen LogP contribution in [-0.4, -0.2) is 32.8 Å². The third-order valence-corrected chi connectivity index (χ3v) is 8.89. The maximum atomic E-state index is 15.8. The normalized spacial score (nSPS) is 23.3. The molecule has 0 radical (unpaired) electrons. The molecule has 41 heavy (non-hydrogen) atoms. The van der Waals surface area contributed by atoms with Crippen LogP contribution < -0.4 is 14.8 Å². The van der Waals surface area contributed by atoms with E-state index in [1.165, 1.54) is 32.4 Å². The molecule has 0 bridgehead atoms. The number of carbonyl (C=O) groups is 1. The zero-order chi connectivity index (χ0) is 29.3. The van der Waals surface area contributed by atoms with Gasteiger partial charge in [-0.15, -0.1) is 0 Å². The van der Waals surface area contributed by atoms with Crippen LogP contribution >= 0.6 is 11.6 Å². The third-order valence-electron chi connectivity index (χ3n) is 8.52. The number of hydrogen-bond acceptors (Lipinski definition) is 6. The minimum Gasteiger partial charge on any atom is -0.494 e. The van der Waals surface area contributed by atoms with E-state index in [1.54, 1.807) is 0 Å². The Balaban J connectivity index is 1.58. The topological polar surface area (TPSA) is 80.6 Å². The smallest absolute Gasteiger partial charge is 0.308 e. The lowest BCUT2D eigenvalue weighted by Gasteiger charge is -2.37. The molecule has 5 rings (SSSR count). The Labute approximate surface area is 243 Å². The highest BCUT2D eigenvalue weighted by Gasteiger charge is 2.50. The summed E-state index contributed by atoms with van der Waals surface area (Å²) in [5.41, 5.74) is 0.340. The second-order valence-corrected chi connectivity index (χ2v) is 11.0. The predicted molar refractivity (Wildman–Crippen MR) is 151 cm³/mol. The van der Waals surface area contributed by atoms with Crippen LogP contribution in [0.25, 0.3) is 11.1 Å². The van der Waals surface area contributed by atoms with Gasteiger partial charge in [0.05, 0.1) is 36.8 Å². The van der Waals surface area contributed by atoms with Crippen molar-refractivity contribution in [2.75, 3.05) is 20.8 Å². The first-order chi connectivity index (χ1) is 19.7. The first-order valence-electron chi connectivity index (χ1n) is 13.6. The minimum atomic E-state index is -0.989. The Morgan fingerprint density at radius 2 is 1.83 bits per heavy atom. The molecule has 1 aliphatic heterocycles. The highest BCUT2D eigenvalue weighted by Crippen LogP contribution is 2.56. The number of nitrogens with zero attached hydrogens (tertiary/aromatic N) is 1. The standard InChI is InChI=1S/C32H31ClF2N2O4/c1-18-26-25(15-23(34)29(33)28(26)27-20(16-36)11-14-24(39-2)30(27)35)41-32(18,21-7-5-4-6-8-21)17-37-22-12-9-19(10-13-22)31(38)40-3/h4-8,11,14-15,18-19,22,37H,9-10,12-13,17H2,1-3H3/t18-,19?,22?,32-/m0/s1. The first-order valence-corrected chi connectivity index (χ1v) is 14.0. The maximum Gasteiger partial charge on any atom is 0.308 e. The molecule has 0 unspecified atom stereocenters. The van der Waals surface area contributed by atoms with Gasteiger partial charge in [-0.05, 0) is 43.4 Å². The SMILES string of the molecule is COC(=O)C1CCC(NC[C@]2(c3ccccc3)Oc3cc(F)c(Cl)c(-c4c(C#N)ccc(OC)c4F)c3[C@@H]2C)CC1. The molecule has 3 aromatic carbocycles. The molecule has 2 atom stereocenters. The van der Waals surface area contributed by atoms with Crippen molar-refractivity contribution in [3.63, 3.8) is 0 Å². The largest absolute Gasteiger partial charge is 0.494 e. The Kier molecular flexibility index (Phi) is 8.21. The monoisotopic (exact) mass is 580 g/mol. The highest BCUT2D eigenvalue weighted by molar-refractivity contribution is 6.34. The Morgan fingerprint density at radius 1 is 1.12 bits per heavy atom. The summed E-state index contributed by atoms with van der Waals surface area (Å²) >= 11 is 6.56. The number of ether oxygens (including phenoxy) is 3. The number of rotatable bonds is 7. The van der Waals surface area contributed by atoms with Crippen molar-refractivity contribution < 1.29 is 27.8 Å². The van der Waals surface area contributed by atoms with E-state index in [0.29, 0.717) is 12.1 Å². The van der Waals surface area contributed by atoms with Gasteiger partial charge >= 0.3 is 5.97 Å². The van der Waals surface area contributed by atoms with E-state index in [1.807, 2.05) is 43.3 Å². The Bertz CT molecular complexity index is 1500. The number of benzene rings is 3. The number of hydrogen-bond donors (Lipinski definition) is 1. The van der Waals surface area contributed by atoms with Gasteiger partial charge in [0, 0.05) is 41.3 Å². The molecule has 0 aromatic heterocycles. The van der Waals surface area contributed by atoms with Crippen LogP contribution in [0.2, 0.25) is 5.02 Å². The average Bonchev–Trinajstić information content (AvgIpc) is 3.28. The van der Waals surface area contributed by atoms with Gasteiger partial charge in [0.25, 0.3) is 0 Å². The molecule has 1 saturated carbocycles. The summed E-state index contributed by atoms with van der Waals surface area (Å²) in [4.78, 5) is 12.0. The number of carbonyl (C=O) groups excluding carboxylic acids is 1. The van der Waals surface area contributed by atoms with E-state index >= 15 is 8.78 Å². The molecule has 1 N–H and O–H groups in total. The average molecular weight is 581 g/mol. The Morgan fingerprint density at radius 3 is 2.46 bits per heavy atom. The van der Waals surface area contributed by atoms with Crippen molar-refractivity contribution in [1.82, 2.24) is 5.32 Å². The minimum absolute atomic E-state index is 0.00269. The van der Waals surface area contributed by atoms with Crippen molar-refractivity contribution >= 4 is 17.6 Å². The lowest BCUT2D eigenvalue weighted by Crippen LogP contribution is -2.48. The van der Waals surface area contributed by atoms with Gasteiger partial charge < -0.3 is 19.5 Å². The summed E-state index contributed by atoms with van der Waals surface area (Å²) < 4.78 is 47.9. The van der Waals surface area contributed by atoms with Crippen LogP contribution in [-0.2, 0) is 15.1 Å². The van der Waals surface area contributed by atoms with Crippen molar-refractivity contribution in [1.29, 1.82) is 5.26 Å². The molecule has 1 aliphatic carbocycles. The molecule has 1 heterocycles. The van der Waals surface area contributed by atoms with Crippen molar-refractivity contribution in [2.24, 2.45) is 5.92 Å². The number of fused-ring (bicyclic) bond motifs is 1. The van der Waals surface area contributed by atoms with Crippen molar-refractivity contribution in [3.05, 3.63) is 81.9 Å². The second-order valence-electron chi connectivity index (χ2n) is 10.6. The van der Waals surface area contributed by atoms with Crippen molar-refractivity contribution in [2.45, 2.75) is 50.2 Å². The molecular formula is C32H31ClF2N2O4. The maximum absolute atomic E-state index is 15.8. The fourth-order valence-electron chi connectivity index (χ4n) is 6.26. The number of methoxy groups -OCH3 is 2. The van der Waals surface area contributed by atoms with Crippen LogP contribution in [0.5, 0.6) is 11.5 Å². The fourth-order valence-corrected chi connectivity index (χ4v) is 6.51. The van der Waals surface area contributed by atoms with E-state index in [9.17, 15) is 10.1 Å². The zero-order valence-electron chi connectivity index (χ0n) is 23.1. The summed E-state index contributed by atoms with van der Waals surface area (Å²) in [6, 6.07) is 15.8. The van der Waals surface area contributed by atoms with E-state index < -0.39 is 23.2 Å². The van der Waals surface area contributed by atoms with Crippen LogP contribution in [0.3, 0.4) is 0 Å². The predicted octanol–water partition coefficient (Wildman–Crippen LogP) is 6.88. The molecule has 0 spiro atoms. The van der Waals surface area contributed by atoms with E-state index in [2.05, 4.69) is 5.32 Å². The van der Waals surface area contributed by atoms with Crippen LogP contribution in [0.15, 0.2) is 48.5 Å². The summed E-state index contributed by atoms with van der Waals surface area (Å²) in [6.45, 7) is 2.31. The Hall–Kier alpha value is -3.67. The molecule has 9 heteroatoms. The molecule has 0 amide bonds. The van der Waals surface area contributed by atoms with Gasteiger partial charge in [0.2, 0.25) is 0 Å². The molecule has 214 valence electrons. The molecule has 3 aromatic rings. The number of esters is 1. The molecule has 6 nitrogen and oxygen atoms in total. The lowest BCUT2D eigenvalue weighted by molar-refractivity contribution is -0.146. The van der Waals surface area contributed by atoms with E-state index in [-0.39, 0.29) is 51.1 Å². The highest BCUT2D eigenvalue weighted by atomic mass is 35.5.